The van der Waals surface area contributed by atoms with E-state index in [0.717, 1.165) is 0 Å². The standard InChI is InChI=1S/Br.Ce.Co.Mn. The fourth-order valence-electron chi connectivity index (χ4n) is 0. The van der Waals surface area contributed by atoms with Crippen LogP contribution < -0.4 is 0 Å². The number of hydrogen-bond donors (Lipinski definition) is 0. The van der Waals surface area contributed by atoms with E-state index in [-0.39, 0.29) is 92.6 Å². The second-order valence-electron chi connectivity index (χ2n) is 0. The molecule has 0 aliphatic carbocycles. The summed E-state index contributed by atoms with van der Waals surface area (Å²) in [6.07, 6.45) is 0. The second kappa shape index (κ2) is 16.9. The van der Waals surface area contributed by atoms with Crippen molar-refractivity contribution in [3.8, 4) is 0 Å². The van der Waals surface area contributed by atoms with Gasteiger partial charge in [-0.2, -0.15) is 0 Å². The van der Waals surface area contributed by atoms with Gasteiger partial charge in [0.2, 0.25) is 0 Å². The van der Waals surface area contributed by atoms with Gasteiger partial charge in [-0.1, -0.05) is 0 Å². The van der Waals surface area contributed by atoms with E-state index in [1.807, 2.05) is 0 Å². The van der Waals surface area contributed by atoms with Gasteiger partial charge in [-0.25, -0.2) is 0 Å². The predicted octanol–water partition coefficient (Wildman–Crippen LogP) is 0.841. The van der Waals surface area contributed by atoms with Gasteiger partial charge in [0, 0.05) is 92.6 Å². The Balaban J connectivity index is 0. The van der Waals surface area contributed by atoms with Crippen LogP contribution in [0.2, 0.25) is 0 Å². The quantitative estimate of drug-likeness (QED) is 0.576. The maximum absolute atomic E-state index is 0. The third kappa shape index (κ3) is 8.86. The van der Waals surface area contributed by atoms with Crippen molar-refractivity contribution >= 4 is 17.0 Å². The average molecular weight is 334 g/mol. The zero-order chi connectivity index (χ0) is 0. The molecule has 0 unspecified atom stereocenters. The van der Waals surface area contributed by atoms with Gasteiger partial charge in [0.25, 0.3) is 0 Å². The fourth-order valence-corrected chi connectivity index (χ4v) is 0. The van der Waals surface area contributed by atoms with Gasteiger partial charge in [-0.15, -0.1) is 0 Å². The number of hydrogen-bond acceptors (Lipinski definition) is 0. The molecule has 0 aromatic carbocycles. The van der Waals surface area contributed by atoms with Crippen LogP contribution >= 0.6 is 17.0 Å². The van der Waals surface area contributed by atoms with Crippen LogP contribution in [0, 0.1) is 41.7 Å². The molecule has 0 aliphatic rings. The summed E-state index contributed by atoms with van der Waals surface area (Å²) in [5, 5.41) is 0. The van der Waals surface area contributed by atoms with Crippen LogP contribution in [-0.4, -0.2) is 0 Å². The minimum Gasteiger partial charge on any atom is 0 e. The molecule has 0 atom stereocenters. The number of halogens is 1. The molecule has 0 saturated heterocycles. The molecular weight excluding hydrogens is 334 g/mol. The molecule has 0 N–H and O–H groups in total. The molecule has 27 valence electrons. The van der Waals surface area contributed by atoms with E-state index in [0.29, 0.717) is 0 Å². The van der Waals surface area contributed by atoms with Crippen LogP contribution in [0.5, 0.6) is 0 Å². The molecule has 0 rings (SSSR count). The minimum absolute atomic E-state index is 0. The Morgan fingerprint density at radius 1 is 1.00 bits per heavy atom. The minimum atomic E-state index is 0. The Morgan fingerprint density at radius 3 is 1.00 bits per heavy atom. The van der Waals surface area contributed by atoms with Gasteiger partial charge >= 0.3 is 0 Å². The first-order chi connectivity index (χ1) is 0. The first-order valence-corrected chi connectivity index (χ1v) is 0. The van der Waals surface area contributed by atoms with Crippen LogP contribution in [-0.2, 0) is 33.8 Å². The third-order valence-corrected chi connectivity index (χ3v) is 0. The van der Waals surface area contributed by atoms with Gasteiger partial charge in [-0.05, 0) is 0 Å². The van der Waals surface area contributed by atoms with E-state index in [2.05, 4.69) is 0 Å². The van der Waals surface area contributed by atoms with Crippen LogP contribution in [0.15, 0.2) is 0 Å². The SMILES string of the molecule is [Br].[Ce].[Co].[Mn]. The first kappa shape index (κ1) is 28.7. The Hall–Kier alpha value is 2.88. The summed E-state index contributed by atoms with van der Waals surface area (Å²) in [7, 11) is 0. The molecule has 0 heterocycles. The van der Waals surface area contributed by atoms with Crippen LogP contribution in [0.25, 0.3) is 0 Å². The van der Waals surface area contributed by atoms with Crippen molar-refractivity contribution in [1.29, 1.82) is 0 Å². The fraction of sp³-hybridized carbons (Fsp3) is 0. The van der Waals surface area contributed by atoms with Gasteiger partial charge in [0.05, 0.1) is 0 Å². The van der Waals surface area contributed by atoms with E-state index >= 15 is 0 Å². The maximum atomic E-state index is 0. The summed E-state index contributed by atoms with van der Waals surface area (Å²) in [5.41, 5.74) is 0. The monoisotopic (exact) mass is 333 g/mol. The van der Waals surface area contributed by atoms with Crippen molar-refractivity contribution in [2.75, 3.05) is 0 Å². The van der Waals surface area contributed by atoms with E-state index in [9.17, 15) is 0 Å². The molecule has 0 saturated carbocycles. The molecule has 0 aromatic rings. The summed E-state index contributed by atoms with van der Waals surface area (Å²) in [4.78, 5) is 0. The Kier molecular flexibility index (Phi) is 121. The molecule has 0 aromatic heterocycles. The van der Waals surface area contributed by atoms with Crippen molar-refractivity contribution in [1.82, 2.24) is 0 Å². The Labute approximate surface area is 90.7 Å². The molecule has 0 spiro atoms. The molecule has 4 heteroatoms. The average Bonchev–Trinajstić information content (AvgIpc) is 0. The zero-order valence-corrected chi connectivity index (χ0v) is 8.54. The van der Waals surface area contributed by atoms with E-state index in [4.69, 9.17) is 0 Å². The summed E-state index contributed by atoms with van der Waals surface area (Å²) in [5.74, 6) is 0. The first-order valence-electron chi connectivity index (χ1n) is 0. The summed E-state index contributed by atoms with van der Waals surface area (Å²) >= 11 is 0. The van der Waals surface area contributed by atoms with Crippen molar-refractivity contribution in [3.63, 3.8) is 0 Å². The van der Waals surface area contributed by atoms with Gasteiger partial charge in [0.1, 0.15) is 0 Å². The second-order valence-corrected chi connectivity index (χ2v) is 0. The Bertz CT molecular complexity index is 8.00. The van der Waals surface area contributed by atoms with E-state index < -0.39 is 0 Å². The van der Waals surface area contributed by atoms with Crippen LogP contribution in [0.4, 0.5) is 0 Å². The summed E-state index contributed by atoms with van der Waals surface area (Å²) < 4.78 is 0. The normalized spacial score (nSPS) is 0. The van der Waals surface area contributed by atoms with E-state index in [1.165, 1.54) is 0 Å². The molecule has 0 bridgehead atoms. The molecular formula is BrCeCoMn. The van der Waals surface area contributed by atoms with Crippen LogP contribution in [0.1, 0.15) is 0 Å². The molecule has 0 aliphatic heterocycles. The summed E-state index contributed by atoms with van der Waals surface area (Å²) in [6.45, 7) is 0. The van der Waals surface area contributed by atoms with Gasteiger partial charge in [0.15, 0.2) is 0 Å². The maximum Gasteiger partial charge on any atom is 0 e. The summed E-state index contributed by atoms with van der Waals surface area (Å²) in [6, 6.07) is 0. The molecule has 0 fully saturated rings. The third-order valence-electron chi connectivity index (χ3n) is 0. The van der Waals surface area contributed by atoms with Crippen molar-refractivity contribution < 1.29 is 75.6 Å². The topological polar surface area (TPSA) is 0 Å². The molecule has 4 heavy (non-hydrogen) atoms. The number of rotatable bonds is 0. The molecule has 0 amide bonds. The van der Waals surface area contributed by atoms with Crippen LogP contribution in [0.3, 0.4) is 0 Å². The molecule has 3 radical (unpaired) electrons. The van der Waals surface area contributed by atoms with Crippen molar-refractivity contribution in [2.24, 2.45) is 0 Å². The van der Waals surface area contributed by atoms with Crippen molar-refractivity contribution in [2.45, 2.75) is 0 Å². The Morgan fingerprint density at radius 2 is 1.00 bits per heavy atom. The zero-order valence-electron chi connectivity index (χ0n) is 1.59. The predicted molar refractivity (Wildman–Crippen MR) is 8.93 cm³/mol. The smallest absolute Gasteiger partial charge is 0 e. The van der Waals surface area contributed by atoms with Crippen molar-refractivity contribution in [3.05, 3.63) is 0 Å². The van der Waals surface area contributed by atoms with E-state index in [1.54, 1.807) is 0 Å². The van der Waals surface area contributed by atoms with Gasteiger partial charge < -0.3 is 0 Å². The largest absolute Gasteiger partial charge is 0 e. The molecule has 0 nitrogen and oxygen atoms in total. The van der Waals surface area contributed by atoms with Gasteiger partial charge in [-0.3, -0.25) is 0 Å².